The van der Waals surface area contributed by atoms with Gasteiger partial charge in [0.25, 0.3) is 0 Å². The molecule has 2 aliphatic heterocycles. The predicted molar refractivity (Wildman–Crippen MR) is 81.4 cm³/mol. The van der Waals surface area contributed by atoms with E-state index in [1.165, 1.54) is 12.1 Å². The van der Waals surface area contributed by atoms with Crippen LogP contribution < -0.4 is 10.6 Å². The molecule has 2 heterocycles. The Labute approximate surface area is 133 Å². The van der Waals surface area contributed by atoms with Crippen molar-refractivity contribution >= 4 is 5.84 Å². The molecule has 0 aromatic heterocycles. The first-order valence-electron chi connectivity index (χ1n) is 7.77. The quantitative estimate of drug-likeness (QED) is 0.876. The molecule has 126 valence electrons. The number of rotatable bonds is 2. The fraction of sp³-hybridized carbons (Fsp3) is 0.562. The van der Waals surface area contributed by atoms with Gasteiger partial charge in [0.1, 0.15) is 5.84 Å². The minimum Gasteiger partial charge on any atom is -0.381 e. The van der Waals surface area contributed by atoms with Crippen LogP contribution in [0.1, 0.15) is 24.0 Å². The SMILES string of the molecule is FC(F)(F)c1ccc(CNC2=NCCNC23CCOCC3)cc1. The number of hydrogen-bond donors (Lipinski definition) is 2. The first-order valence-corrected chi connectivity index (χ1v) is 7.77. The Balaban J connectivity index is 1.66. The molecule has 1 aromatic carbocycles. The molecule has 1 spiro atoms. The zero-order valence-corrected chi connectivity index (χ0v) is 12.7. The molecule has 0 bridgehead atoms. The van der Waals surface area contributed by atoms with E-state index in [9.17, 15) is 13.2 Å². The van der Waals surface area contributed by atoms with E-state index in [-0.39, 0.29) is 5.54 Å². The molecule has 0 saturated carbocycles. The Morgan fingerprint density at radius 3 is 2.52 bits per heavy atom. The van der Waals surface area contributed by atoms with E-state index >= 15 is 0 Å². The molecule has 0 unspecified atom stereocenters. The molecular weight excluding hydrogens is 307 g/mol. The molecule has 4 nitrogen and oxygen atoms in total. The van der Waals surface area contributed by atoms with Gasteiger partial charge in [-0.1, -0.05) is 12.1 Å². The second-order valence-electron chi connectivity index (χ2n) is 5.90. The first-order chi connectivity index (χ1) is 11.0. The zero-order valence-electron chi connectivity index (χ0n) is 12.7. The fourth-order valence-electron chi connectivity index (χ4n) is 3.05. The molecule has 0 atom stereocenters. The van der Waals surface area contributed by atoms with Crippen LogP contribution in [0, 0.1) is 0 Å². The number of halogens is 3. The average Bonchev–Trinajstić information content (AvgIpc) is 2.54. The van der Waals surface area contributed by atoms with E-state index in [0.717, 1.165) is 42.9 Å². The van der Waals surface area contributed by atoms with Crippen LogP contribution in [0.5, 0.6) is 0 Å². The Hall–Kier alpha value is -1.60. The van der Waals surface area contributed by atoms with Crippen molar-refractivity contribution in [3.63, 3.8) is 0 Å². The van der Waals surface area contributed by atoms with Crippen molar-refractivity contribution in [2.24, 2.45) is 4.99 Å². The van der Waals surface area contributed by atoms with Crippen LogP contribution in [0.2, 0.25) is 0 Å². The highest BCUT2D eigenvalue weighted by Crippen LogP contribution is 2.29. The van der Waals surface area contributed by atoms with Gasteiger partial charge < -0.3 is 15.4 Å². The highest BCUT2D eigenvalue weighted by molar-refractivity contribution is 5.92. The number of nitrogens with zero attached hydrogens (tertiary/aromatic N) is 1. The van der Waals surface area contributed by atoms with Gasteiger partial charge in [0.05, 0.1) is 17.6 Å². The maximum atomic E-state index is 12.6. The van der Waals surface area contributed by atoms with E-state index in [4.69, 9.17) is 4.74 Å². The number of benzene rings is 1. The third-order valence-electron chi connectivity index (χ3n) is 4.39. The van der Waals surface area contributed by atoms with Gasteiger partial charge in [-0.15, -0.1) is 0 Å². The van der Waals surface area contributed by atoms with Gasteiger partial charge in [-0.3, -0.25) is 4.99 Å². The van der Waals surface area contributed by atoms with Crippen molar-refractivity contribution in [1.82, 2.24) is 10.6 Å². The average molecular weight is 327 g/mol. The number of aliphatic imine (C=N–C) groups is 1. The molecule has 3 rings (SSSR count). The van der Waals surface area contributed by atoms with Crippen LogP contribution in [-0.2, 0) is 17.5 Å². The van der Waals surface area contributed by atoms with Gasteiger partial charge >= 0.3 is 6.18 Å². The Morgan fingerprint density at radius 1 is 1.17 bits per heavy atom. The molecule has 7 heteroatoms. The second kappa shape index (κ2) is 6.49. The van der Waals surface area contributed by atoms with Gasteiger partial charge in [0, 0.05) is 26.3 Å². The molecular formula is C16H20F3N3O. The summed E-state index contributed by atoms with van der Waals surface area (Å²) in [5.41, 5.74) is -0.00473. The number of nitrogens with one attached hydrogen (secondary N) is 2. The number of hydrogen-bond acceptors (Lipinski definition) is 4. The Bertz CT molecular complexity index is 563. The van der Waals surface area contributed by atoms with Crippen LogP contribution in [0.4, 0.5) is 13.2 Å². The van der Waals surface area contributed by atoms with E-state index < -0.39 is 11.7 Å². The largest absolute Gasteiger partial charge is 0.416 e. The summed E-state index contributed by atoms with van der Waals surface area (Å²) in [6.07, 6.45) is -2.59. The second-order valence-corrected chi connectivity index (χ2v) is 5.90. The minimum absolute atomic E-state index is 0.178. The lowest BCUT2D eigenvalue weighted by Gasteiger charge is -2.41. The normalized spacial score (nSPS) is 21.1. The third-order valence-corrected chi connectivity index (χ3v) is 4.39. The van der Waals surface area contributed by atoms with Crippen LogP contribution in [0.25, 0.3) is 0 Å². The monoisotopic (exact) mass is 327 g/mol. The summed E-state index contributed by atoms with van der Waals surface area (Å²) in [6.45, 7) is 3.38. The zero-order chi connectivity index (χ0) is 16.3. The van der Waals surface area contributed by atoms with Gasteiger partial charge in [-0.05, 0) is 30.5 Å². The fourth-order valence-corrected chi connectivity index (χ4v) is 3.05. The van der Waals surface area contributed by atoms with E-state index in [2.05, 4.69) is 15.6 Å². The summed E-state index contributed by atoms with van der Waals surface area (Å²) < 4.78 is 43.2. The van der Waals surface area contributed by atoms with Gasteiger partial charge in [0.15, 0.2) is 0 Å². The van der Waals surface area contributed by atoms with E-state index in [1.807, 2.05) is 0 Å². The van der Waals surface area contributed by atoms with Crippen LogP contribution in [0.15, 0.2) is 29.3 Å². The molecule has 0 aliphatic carbocycles. The van der Waals surface area contributed by atoms with Crippen molar-refractivity contribution in [3.8, 4) is 0 Å². The van der Waals surface area contributed by atoms with Gasteiger partial charge in [-0.25, -0.2) is 0 Å². The summed E-state index contributed by atoms with van der Waals surface area (Å²) in [4.78, 5) is 4.59. The molecule has 1 saturated heterocycles. The first kappa shape index (κ1) is 16.3. The number of alkyl halides is 3. The molecule has 23 heavy (non-hydrogen) atoms. The predicted octanol–water partition coefficient (Wildman–Crippen LogP) is 2.35. The highest BCUT2D eigenvalue weighted by Gasteiger charge is 2.38. The van der Waals surface area contributed by atoms with Crippen LogP contribution >= 0.6 is 0 Å². The minimum atomic E-state index is -4.30. The third kappa shape index (κ3) is 3.67. The molecule has 2 N–H and O–H groups in total. The topological polar surface area (TPSA) is 45.7 Å². The molecule has 0 radical (unpaired) electrons. The van der Waals surface area contributed by atoms with Crippen molar-refractivity contribution in [1.29, 1.82) is 0 Å². The number of ether oxygens (including phenoxy) is 1. The maximum absolute atomic E-state index is 12.6. The lowest BCUT2D eigenvalue weighted by atomic mass is 9.87. The summed E-state index contributed by atoms with van der Waals surface area (Å²) in [6, 6.07) is 5.23. The Kier molecular flexibility index (Phi) is 4.59. The maximum Gasteiger partial charge on any atom is 0.416 e. The van der Waals surface area contributed by atoms with Crippen molar-refractivity contribution in [3.05, 3.63) is 35.4 Å². The summed E-state index contributed by atoms with van der Waals surface area (Å²) in [5.74, 6) is 0.895. The summed E-state index contributed by atoms with van der Waals surface area (Å²) >= 11 is 0. The lowest BCUT2D eigenvalue weighted by Crippen LogP contribution is -2.62. The van der Waals surface area contributed by atoms with Crippen LogP contribution in [0.3, 0.4) is 0 Å². The van der Waals surface area contributed by atoms with Crippen LogP contribution in [-0.4, -0.2) is 37.7 Å². The van der Waals surface area contributed by atoms with Crippen molar-refractivity contribution in [2.45, 2.75) is 31.1 Å². The van der Waals surface area contributed by atoms with Gasteiger partial charge in [-0.2, -0.15) is 13.2 Å². The lowest BCUT2D eigenvalue weighted by molar-refractivity contribution is -0.137. The number of amidine groups is 1. The molecule has 1 aromatic rings. The standard InChI is InChI=1S/C16H20F3N3O/c17-16(18,19)13-3-1-12(2-4-13)11-21-14-15(22-8-7-20-14)5-9-23-10-6-15/h1-4,22H,5-11H2,(H,20,21). The van der Waals surface area contributed by atoms with Crippen molar-refractivity contribution < 1.29 is 17.9 Å². The van der Waals surface area contributed by atoms with Crippen molar-refractivity contribution in [2.75, 3.05) is 26.3 Å². The summed E-state index contributed by atoms with van der Waals surface area (Å²) in [5, 5.41) is 6.84. The Morgan fingerprint density at radius 2 is 1.87 bits per heavy atom. The molecule has 1 fully saturated rings. The molecule has 2 aliphatic rings. The van der Waals surface area contributed by atoms with E-state index in [1.54, 1.807) is 0 Å². The summed E-state index contributed by atoms with van der Waals surface area (Å²) in [7, 11) is 0. The van der Waals surface area contributed by atoms with Gasteiger partial charge in [0.2, 0.25) is 0 Å². The smallest absolute Gasteiger partial charge is 0.381 e. The highest BCUT2D eigenvalue weighted by atomic mass is 19.4. The van der Waals surface area contributed by atoms with E-state index in [0.29, 0.717) is 26.3 Å². The molecule has 0 amide bonds.